The lowest BCUT2D eigenvalue weighted by atomic mass is 9.87. The van der Waals surface area contributed by atoms with Crippen LogP contribution < -0.4 is 10.6 Å². The third-order valence-corrected chi connectivity index (χ3v) is 3.87. The number of hydrogen-bond donors (Lipinski definition) is 2. The number of benzene rings is 2. The van der Waals surface area contributed by atoms with Crippen molar-refractivity contribution >= 4 is 17.5 Å². The van der Waals surface area contributed by atoms with E-state index in [1.165, 1.54) is 12.5 Å². The van der Waals surface area contributed by atoms with Crippen molar-refractivity contribution in [2.45, 2.75) is 33.1 Å². The van der Waals surface area contributed by atoms with E-state index in [1.54, 1.807) is 24.3 Å². The first-order chi connectivity index (χ1) is 12.3. The van der Waals surface area contributed by atoms with Gasteiger partial charge < -0.3 is 10.6 Å². The smallest absolute Gasteiger partial charge is 0.319 e. The van der Waals surface area contributed by atoms with E-state index in [1.807, 2.05) is 24.3 Å². The van der Waals surface area contributed by atoms with Gasteiger partial charge in [-0.05, 0) is 42.2 Å². The second-order valence-corrected chi connectivity index (χ2v) is 7.07. The molecule has 2 aromatic carbocycles. The van der Waals surface area contributed by atoms with Crippen LogP contribution in [0.5, 0.6) is 0 Å². The standard InChI is InChI=1S/C22H24N2O2/c1-16(25)18-9-7-17(8-10-18)6-5-15-23-21(26)24-20-13-11-19(12-14-20)22(2,3)4/h7-14H,15H2,1-4H3,(H2,23,24,26). The van der Waals surface area contributed by atoms with Gasteiger partial charge >= 0.3 is 6.03 Å². The van der Waals surface area contributed by atoms with E-state index in [2.05, 4.69) is 43.2 Å². The summed E-state index contributed by atoms with van der Waals surface area (Å²) in [5.74, 6) is 5.87. The average Bonchev–Trinajstić information content (AvgIpc) is 2.59. The molecule has 2 N–H and O–H groups in total. The maximum Gasteiger partial charge on any atom is 0.319 e. The molecular weight excluding hydrogens is 324 g/mol. The van der Waals surface area contributed by atoms with Crippen LogP contribution in [-0.2, 0) is 5.41 Å². The maximum absolute atomic E-state index is 11.9. The van der Waals surface area contributed by atoms with Gasteiger partial charge in [-0.3, -0.25) is 4.79 Å². The lowest BCUT2D eigenvalue weighted by Crippen LogP contribution is -2.28. The van der Waals surface area contributed by atoms with Crippen LogP contribution in [0, 0.1) is 11.8 Å². The number of urea groups is 1. The van der Waals surface area contributed by atoms with Crippen molar-refractivity contribution in [2.24, 2.45) is 0 Å². The van der Waals surface area contributed by atoms with Gasteiger partial charge in [0.1, 0.15) is 0 Å². The Hall–Kier alpha value is -3.06. The van der Waals surface area contributed by atoms with Crippen LogP contribution >= 0.6 is 0 Å². The minimum atomic E-state index is -0.297. The number of carbonyl (C=O) groups excluding carboxylic acids is 2. The Bertz CT molecular complexity index is 833. The van der Waals surface area contributed by atoms with Gasteiger partial charge in [-0.25, -0.2) is 4.79 Å². The molecule has 0 aromatic heterocycles. The monoisotopic (exact) mass is 348 g/mol. The average molecular weight is 348 g/mol. The molecule has 4 nitrogen and oxygen atoms in total. The van der Waals surface area contributed by atoms with Gasteiger partial charge in [0.2, 0.25) is 0 Å². The molecule has 0 bridgehead atoms. The highest BCUT2D eigenvalue weighted by Crippen LogP contribution is 2.23. The number of Topliss-reactive ketones (excluding diaryl/α,β-unsaturated/α-hetero) is 1. The van der Waals surface area contributed by atoms with E-state index in [0.717, 1.165) is 11.3 Å². The van der Waals surface area contributed by atoms with Crippen molar-refractivity contribution < 1.29 is 9.59 Å². The quantitative estimate of drug-likeness (QED) is 0.639. The normalized spacial score (nSPS) is 10.5. The molecule has 0 atom stereocenters. The van der Waals surface area contributed by atoms with Crippen molar-refractivity contribution in [3.05, 3.63) is 65.2 Å². The fourth-order valence-corrected chi connectivity index (χ4v) is 2.29. The summed E-state index contributed by atoms with van der Waals surface area (Å²) in [6.07, 6.45) is 0. The Kier molecular flexibility index (Phi) is 6.19. The molecule has 0 aliphatic heterocycles. The summed E-state index contributed by atoms with van der Waals surface area (Å²) in [7, 11) is 0. The maximum atomic E-state index is 11.9. The second kappa shape index (κ2) is 8.35. The molecule has 2 rings (SSSR count). The van der Waals surface area contributed by atoms with Crippen molar-refractivity contribution in [3.8, 4) is 11.8 Å². The Morgan fingerprint density at radius 1 is 0.962 bits per heavy atom. The van der Waals surface area contributed by atoms with Gasteiger partial charge in [-0.1, -0.05) is 56.9 Å². The molecule has 4 heteroatoms. The molecule has 0 aliphatic carbocycles. The number of carbonyl (C=O) groups is 2. The van der Waals surface area contributed by atoms with E-state index in [9.17, 15) is 9.59 Å². The largest absolute Gasteiger partial charge is 0.327 e. The van der Waals surface area contributed by atoms with E-state index < -0.39 is 0 Å². The van der Waals surface area contributed by atoms with Gasteiger partial charge in [0, 0.05) is 16.8 Å². The molecule has 134 valence electrons. The van der Waals surface area contributed by atoms with Crippen LogP contribution in [0.2, 0.25) is 0 Å². The predicted octanol–water partition coefficient (Wildman–Crippen LogP) is 4.36. The molecule has 2 amide bonds. The third-order valence-electron chi connectivity index (χ3n) is 3.87. The Morgan fingerprint density at radius 3 is 2.12 bits per heavy atom. The highest BCUT2D eigenvalue weighted by atomic mass is 16.2. The third kappa shape index (κ3) is 5.78. The first kappa shape index (κ1) is 19.3. The molecular formula is C22H24N2O2. The Balaban J connectivity index is 1.83. The zero-order valence-electron chi connectivity index (χ0n) is 15.6. The second-order valence-electron chi connectivity index (χ2n) is 7.07. The van der Waals surface area contributed by atoms with Crippen LogP contribution in [0.4, 0.5) is 10.5 Å². The van der Waals surface area contributed by atoms with Crippen molar-refractivity contribution in [1.29, 1.82) is 0 Å². The number of nitrogens with one attached hydrogen (secondary N) is 2. The fourth-order valence-electron chi connectivity index (χ4n) is 2.29. The summed E-state index contributed by atoms with van der Waals surface area (Å²) in [4.78, 5) is 23.1. The van der Waals surface area contributed by atoms with Crippen molar-refractivity contribution in [3.63, 3.8) is 0 Å². The summed E-state index contributed by atoms with van der Waals surface area (Å²) in [5.41, 5.74) is 3.49. The minimum Gasteiger partial charge on any atom is -0.327 e. The predicted molar refractivity (Wildman–Crippen MR) is 105 cm³/mol. The molecule has 0 unspecified atom stereocenters. The zero-order chi connectivity index (χ0) is 19.2. The Morgan fingerprint density at radius 2 is 1.58 bits per heavy atom. The molecule has 0 heterocycles. The highest BCUT2D eigenvalue weighted by molar-refractivity contribution is 5.94. The Labute approximate surface area is 155 Å². The van der Waals surface area contributed by atoms with Crippen molar-refractivity contribution in [1.82, 2.24) is 5.32 Å². The SMILES string of the molecule is CC(=O)c1ccc(C#CCNC(=O)Nc2ccc(C(C)(C)C)cc2)cc1. The molecule has 0 fully saturated rings. The molecule has 0 saturated carbocycles. The number of hydrogen-bond acceptors (Lipinski definition) is 2. The summed E-state index contributed by atoms with van der Waals surface area (Å²) in [5, 5.41) is 5.48. The van der Waals surface area contributed by atoms with Gasteiger partial charge in [-0.15, -0.1) is 0 Å². The van der Waals surface area contributed by atoms with Crippen LogP contribution in [-0.4, -0.2) is 18.4 Å². The number of ketones is 1. The van der Waals surface area contributed by atoms with Gasteiger partial charge in [0.25, 0.3) is 0 Å². The number of rotatable bonds is 3. The van der Waals surface area contributed by atoms with E-state index in [-0.39, 0.29) is 23.8 Å². The summed E-state index contributed by atoms with van der Waals surface area (Å²) in [6.45, 7) is 8.21. The fraction of sp³-hybridized carbons (Fsp3) is 0.273. The molecule has 0 saturated heterocycles. The van der Waals surface area contributed by atoms with Gasteiger partial charge in [-0.2, -0.15) is 0 Å². The molecule has 2 aromatic rings. The van der Waals surface area contributed by atoms with Crippen LogP contribution in [0.25, 0.3) is 0 Å². The van der Waals surface area contributed by atoms with Gasteiger partial charge in [0.15, 0.2) is 5.78 Å². The van der Waals surface area contributed by atoms with Crippen LogP contribution in [0.15, 0.2) is 48.5 Å². The van der Waals surface area contributed by atoms with Crippen molar-refractivity contribution in [2.75, 3.05) is 11.9 Å². The first-order valence-electron chi connectivity index (χ1n) is 8.51. The zero-order valence-corrected chi connectivity index (χ0v) is 15.6. The molecule has 0 aliphatic rings. The summed E-state index contributed by atoms with van der Waals surface area (Å²) < 4.78 is 0. The van der Waals surface area contributed by atoms with Crippen LogP contribution in [0.1, 0.15) is 49.2 Å². The van der Waals surface area contributed by atoms with E-state index in [4.69, 9.17) is 0 Å². The number of amides is 2. The lowest BCUT2D eigenvalue weighted by molar-refractivity contribution is 0.101. The summed E-state index contributed by atoms with van der Waals surface area (Å²) >= 11 is 0. The topological polar surface area (TPSA) is 58.2 Å². The molecule has 0 spiro atoms. The van der Waals surface area contributed by atoms with E-state index >= 15 is 0 Å². The van der Waals surface area contributed by atoms with Crippen LogP contribution in [0.3, 0.4) is 0 Å². The first-order valence-corrected chi connectivity index (χ1v) is 8.51. The number of anilines is 1. The lowest BCUT2D eigenvalue weighted by Gasteiger charge is -2.19. The van der Waals surface area contributed by atoms with Gasteiger partial charge in [0.05, 0.1) is 6.54 Å². The molecule has 26 heavy (non-hydrogen) atoms. The minimum absolute atomic E-state index is 0.0263. The highest BCUT2D eigenvalue weighted by Gasteiger charge is 2.13. The summed E-state index contributed by atoms with van der Waals surface area (Å²) in [6, 6.07) is 14.6. The molecule has 0 radical (unpaired) electrons. The van der Waals surface area contributed by atoms with E-state index in [0.29, 0.717) is 5.56 Å².